The first kappa shape index (κ1) is 17.2. The number of phenolic OH excluding ortho intramolecular Hbond substituents is 1. The molecule has 0 saturated heterocycles. The summed E-state index contributed by atoms with van der Waals surface area (Å²) in [5.74, 6) is 1.53. The fraction of sp³-hybridized carbons (Fsp3) is 0.250. The molecular formula is C16H17BrN6O2. The van der Waals surface area contributed by atoms with Gasteiger partial charge in [-0.25, -0.2) is 4.68 Å². The number of aryl methyl sites for hydroxylation is 3. The van der Waals surface area contributed by atoms with Crippen LogP contribution in [0.15, 0.2) is 27.8 Å². The van der Waals surface area contributed by atoms with Gasteiger partial charge < -0.3 is 9.84 Å². The topological polar surface area (TPSA) is 90.4 Å². The highest BCUT2D eigenvalue weighted by Gasteiger charge is 2.14. The average Bonchev–Trinajstić information content (AvgIpc) is 3.09. The Morgan fingerprint density at radius 2 is 1.96 bits per heavy atom. The first-order chi connectivity index (χ1) is 11.9. The van der Waals surface area contributed by atoms with E-state index in [1.54, 1.807) is 27.7 Å². The van der Waals surface area contributed by atoms with E-state index in [1.165, 1.54) is 7.11 Å². The molecule has 2 heterocycles. The molecule has 0 atom stereocenters. The van der Waals surface area contributed by atoms with E-state index in [-0.39, 0.29) is 5.75 Å². The third-order valence-corrected chi connectivity index (χ3v) is 4.18. The van der Waals surface area contributed by atoms with Crippen LogP contribution in [-0.4, -0.2) is 43.1 Å². The second-order valence-corrected chi connectivity index (χ2v) is 6.35. The second kappa shape index (κ2) is 6.67. The quantitative estimate of drug-likeness (QED) is 0.675. The van der Waals surface area contributed by atoms with Crippen molar-refractivity contribution in [3.63, 3.8) is 0 Å². The molecule has 8 nitrogen and oxygen atoms in total. The minimum atomic E-state index is 0.0449. The molecule has 3 rings (SSSR count). The summed E-state index contributed by atoms with van der Waals surface area (Å²) in [6, 6.07) is 5.39. The largest absolute Gasteiger partial charge is 0.503 e. The number of phenols is 1. The molecule has 0 saturated carbocycles. The fourth-order valence-corrected chi connectivity index (χ4v) is 2.85. The van der Waals surface area contributed by atoms with Gasteiger partial charge in [-0.05, 0) is 60.5 Å². The van der Waals surface area contributed by atoms with Crippen LogP contribution in [0.3, 0.4) is 0 Å². The molecule has 130 valence electrons. The Hall–Kier alpha value is -2.68. The van der Waals surface area contributed by atoms with Crippen molar-refractivity contribution in [2.45, 2.75) is 20.8 Å². The van der Waals surface area contributed by atoms with Gasteiger partial charge in [0.25, 0.3) is 5.95 Å². The van der Waals surface area contributed by atoms with Crippen molar-refractivity contribution in [3.8, 4) is 17.4 Å². The van der Waals surface area contributed by atoms with Crippen molar-refractivity contribution in [1.29, 1.82) is 0 Å². The van der Waals surface area contributed by atoms with Gasteiger partial charge in [-0.2, -0.15) is 14.9 Å². The number of hydrogen-bond donors (Lipinski definition) is 1. The van der Waals surface area contributed by atoms with E-state index >= 15 is 0 Å². The Bertz CT molecular complexity index is 960. The molecule has 0 aliphatic carbocycles. The van der Waals surface area contributed by atoms with Gasteiger partial charge in [0.05, 0.1) is 23.5 Å². The minimum absolute atomic E-state index is 0.0449. The summed E-state index contributed by atoms with van der Waals surface area (Å²) in [5.41, 5.74) is 2.57. The van der Waals surface area contributed by atoms with Crippen LogP contribution in [0.4, 0.5) is 0 Å². The van der Waals surface area contributed by atoms with Crippen LogP contribution >= 0.6 is 15.9 Å². The molecule has 0 spiro atoms. The molecule has 25 heavy (non-hydrogen) atoms. The molecule has 0 bridgehead atoms. The summed E-state index contributed by atoms with van der Waals surface area (Å²) >= 11 is 3.30. The van der Waals surface area contributed by atoms with Crippen LogP contribution in [0.5, 0.6) is 11.5 Å². The SMILES string of the molecule is COc1cc(/C=N/n2c(C)nnc2-n2nc(C)cc2C)cc(Br)c1O. The molecule has 0 amide bonds. The monoisotopic (exact) mass is 404 g/mol. The van der Waals surface area contributed by atoms with E-state index < -0.39 is 0 Å². The Labute approximate surface area is 152 Å². The summed E-state index contributed by atoms with van der Waals surface area (Å²) in [7, 11) is 1.49. The standard InChI is InChI=1S/C16H17BrN6O2/c1-9-5-10(2)22(21-9)16-20-19-11(3)23(16)18-8-12-6-13(17)15(24)14(7-12)25-4/h5-8,24H,1-4H3/b18-8+. The van der Waals surface area contributed by atoms with Gasteiger partial charge in [0, 0.05) is 5.69 Å². The van der Waals surface area contributed by atoms with Crippen molar-refractivity contribution < 1.29 is 9.84 Å². The Balaban J connectivity index is 2.02. The molecule has 0 aliphatic rings. The number of methoxy groups -OCH3 is 1. The zero-order chi connectivity index (χ0) is 18.1. The lowest BCUT2D eigenvalue weighted by molar-refractivity contribution is 0.372. The van der Waals surface area contributed by atoms with Crippen molar-refractivity contribution in [1.82, 2.24) is 24.7 Å². The summed E-state index contributed by atoms with van der Waals surface area (Å²) in [4.78, 5) is 0. The summed E-state index contributed by atoms with van der Waals surface area (Å²) < 4.78 is 8.97. The number of aromatic hydroxyl groups is 1. The first-order valence-electron chi connectivity index (χ1n) is 7.47. The van der Waals surface area contributed by atoms with Gasteiger partial charge in [-0.1, -0.05) is 0 Å². The van der Waals surface area contributed by atoms with Crippen molar-refractivity contribution >= 4 is 22.1 Å². The smallest absolute Gasteiger partial charge is 0.273 e. The van der Waals surface area contributed by atoms with Gasteiger partial charge in [-0.15, -0.1) is 10.2 Å². The van der Waals surface area contributed by atoms with Crippen molar-refractivity contribution in [3.05, 3.63) is 45.4 Å². The third kappa shape index (κ3) is 3.27. The zero-order valence-corrected chi connectivity index (χ0v) is 15.8. The van der Waals surface area contributed by atoms with Crippen LogP contribution in [0, 0.1) is 20.8 Å². The second-order valence-electron chi connectivity index (χ2n) is 5.50. The summed E-state index contributed by atoms with van der Waals surface area (Å²) in [5, 5.41) is 27.0. The first-order valence-corrected chi connectivity index (χ1v) is 8.26. The van der Waals surface area contributed by atoms with E-state index in [1.807, 2.05) is 26.8 Å². The molecule has 0 radical (unpaired) electrons. The number of benzene rings is 1. The van der Waals surface area contributed by atoms with E-state index in [0.717, 1.165) is 17.0 Å². The molecule has 0 aliphatic heterocycles. The van der Waals surface area contributed by atoms with Crippen molar-refractivity contribution in [2.24, 2.45) is 5.10 Å². The van der Waals surface area contributed by atoms with E-state index in [0.29, 0.717) is 22.0 Å². The number of hydrogen-bond acceptors (Lipinski definition) is 6. The number of ether oxygens (including phenoxy) is 1. The highest BCUT2D eigenvalue weighted by Crippen LogP contribution is 2.34. The molecule has 0 unspecified atom stereocenters. The predicted octanol–water partition coefficient (Wildman–Crippen LogP) is 2.75. The maximum Gasteiger partial charge on any atom is 0.273 e. The Morgan fingerprint density at radius 3 is 2.60 bits per heavy atom. The lowest BCUT2D eigenvalue weighted by atomic mass is 10.2. The zero-order valence-electron chi connectivity index (χ0n) is 14.2. The molecule has 3 aromatic rings. The maximum atomic E-state index is 9.89. The van der Waals surface area contributed by atoms with Crippen LogP contribution in [0.25, 0.3) is 5.95 Å². The minimum Gasteiger partial charge on any atom is -0.503 e. The number of aromatic nitrogens is 5. The average molecular weight is 405 g/mol. The summed E-state index contributed by atoms with van der Waals surface area (Å²) in [6.45, 7) is 5.67. The van der Waals surface area contributed by atoms with Gasteiger partial charge in [0.2, 0.25) is 0 Å². The van der Waals surface area contributed by atoms with Crippen molar-refractivity contribution in [2.75, 3.05) is 7.11 Å². The van der Waals surface area contributed by atoms with Gasteiger partial charge in [0.15, 0.2) is 17.3 Å². The van der Waals surface area contributed by atoms with E-state index in [4.69, 9.17) is 4.74 Å². The highest BCUT2D eigenvalue weighted by molar-refractivity contribution is 9.10. The van der Waals surface area contributed by atoms with Crippen LogP contribution < -0.4 is 4.74 Å². The predicted molar refractivity (Wildman–Crippen MR) is 96.7 cm³/mol. The molecule has 0 fully saturated rings. The molecule has 1 N–H and O–H groups in total. The summed E-state index contributed by atoms with van der Waals surface area (Å²) in [6.07, 6.45) is 1.64. The van der Waals surface area contributed by atoms with E-state index in [2.05, 4.69) is 36.3 Å². The molecule has 1 aromatic carbocycles. The maximum absolute atomic E-state index is 9.89. The number of rotatable bonds is 4. The van der Waals surface area contributed by atoms with Gasteiger partial charge >= 0.3 is 0 Å². The molecular weight excluding hydrogens is 388 g/mol. The third-order valence-electron chi connectivity index (χ3n) is 3.57. The fourth-order valence-electron chi connectivity index (χ4n) is 2.39. The van der Waals surface area contributed by atoms with Gasteiger partial charge in [0.1, 0.15) is 0 Å². The van der Waals surface area contributed by atoms with Crippen LogP contribution in [-0.2, 0) is 0 Å². The van der Waals surface area contributed by atoms with Crippen LogP contribution in [0.1, 0.15) is 22.8 Å². The van der Waals surface area contributed by atoms with Gasteiger partial charge in [-0.3, -0.25) is 0 Å². The molecule has 9 heteroatoms. The Morgan fingerprint density at radius 1 is 1.20 bits per heavy atom. The number of halogens is 1. The lowest BCUT2D eigenvalue weighted by Crippen LogP contribution is -2.08. The van der Waals surface area contributed by atoms with Crippen LogP contribution in [0.2, 0.25) is 0 Å². The highest BCUT2D eigenvalue weighted by atomic mass is 79.9. The lowest BCUT2D eigenvalue weighted by Gasteiger charge is -2.07. The number of nitrogens with zero attached hydrogens (tertiary/aromatic N) is 6. The van der Waals surface area contributed by atoms with E-state index in [9.17, 15) is 5.11 Å². The normalized spacial score (nSPS) is 11.4. The molecule has 2 aromatic heterocycles. The Kier molecular flexibility index (Phi) is 4.58.